The van der Waals surface area contributed by atoms with E-state index >= 15 is 0 Å². The Kier molecular flexibility index (Phi) is 4.83. The quantitative estimate of drug-likeness (QED) is 0.777. The van der Waals surface area contributed by atoms with Crippen LogP contribution in [-0.2, 0) is 4.79 Å². The van der Waals surface area contributed by atoms with E-state index in [1.807, 2.05) is 32.4 Å². The van der Waals surface area contributed by atoms with Gasteiger partial charge in [0.05, 0.1) is 18.1 Å². The highest BCUT2D eigenvalue weighted by molar-refractivity contribution is 5.98. The minimum Gasteiger partial charge on any atom is -0.352 e. The van der Waals surface area contributed by atoms with Gasteiger partial charge in [-0.25, -0.2) is 14.5 Å². The lowest BCUT2D eigenvalue weighted by atomic mass is 10.0. The van der Waals surface area contributed by atoms with E-state index < -0.39 is 12.1 Å². The summed E-state index contributed by atoms with van der Waals surface area (Å²) in [6, 6.07) is 0.561. The van der Waals surface area contributed by atoms with Crippen molar-refractivity contribution in [3.63, 3.8) is 0 Å². The third-order valence-corrected chi connectivity index (χ3v) is 3.44. The fourth-order valence-electron chi connectivity index (χ4n) is 2.29. The van der Waals surface area contributed by atoms with Gasteiger partial charge in [0.2, 0.25) is 5.91 Å². The first kappa shape index (κ1) is 16.7. The summed E-state index contributed by atoms with van der Waals surface area (Å²) in [6.45, 7) is 7.70. The van der Waals surface area contributed by atoms with Crippen LogP contribution in [0, 0.1) is 5.92 Å². The molecule has 0 aliphatic rings. The molecule has 2 rings (SSSR count). The normalized spacial score (nSPS) is 12.6. The number of anilines is 1. The molecular formula is C15H22N6O2. The van der Waals surface area contributed by atoms with Crippen LogP contribution in [0.5, 0.6) is 0 Å². The zero-order chi connectivity index (χ0) is 17.1. The molecule has 2 aromatic heterocycles. The minimum atomic E-state index is -0.731. The topological polar surface area (TPSA) is 115 Å². The van der Waals surface area contributed by atoms with E-state index in [0.29, 0.717) is 5.69 Å². The first-order chi connectivity index (χ1) is 10.8. The zero-order valence-corrected chi connectivity index (χ0v) is 13.7. The Balaban J connectivity index is 2.20. The third kappa shape index (κ3) is 3.77. The molecule has 8 heteroatoms. The number of pyridine rings is 1. The molecule has 0 spiro atoms. The highest BCUT2D eigenvalue weighted by atomic mass is 16.2. The maximum Gasteiger partial charge on any atom is 0.312 e. The van der Waals surface area contributed by atoms with Gasteiger partial charge in [0.25, 0.3) is 0 Å². The zero-order valence-electron chi connectivity index (χ0n) is 13.7. The van der Waals surface area contributed by atoms with Crippen LogP contribution < -0.4 is 16.4 Å². The van der Waals surface area contributed by atoms with Crippen LogP contribution in [0.3, 0.4) is 0 Å². The van der Waals surface area contributed by atoms with Gasteiger partial charge in [0, 0.05) is 11.4 Å². The van der Waals surface area contributed by atoms with Crippen LogP contribution in [0.4, 0.5) is 10.5 Å². The lowest BCUT2D eigenvalue weighted by Crippen LogP contribution is -2.49. The highest BCUT2D eigenvalue weighted by Gasteiger charge is 2.23. The Bertz CT molecular complexity index is 722. The van der Waals surface area contributed by atoms with Gasteiger partial charge in [-0.05, 0) is 25.8 Å². The Labute approximate surface area is 134 Å². The molecule has 4 N–H and O–H groups in total. The van der Waals surface area contributed by atoms with Crippen LogP contribution in [0.2, 0.25) is 0 Å². The number of rotatable bonds is 5. The van der Waals surface area contributed by atoms with Crippen LogP contribution in [0.25, 0.3) is 11.0 Å². The molecule has 3 amide bonds. The Morgan fingerprint density at radius 1 is 1.22 bits per heavy atom. The maximum atomic E-state index is 12.3. The molecule has 23 heavy (non-hydrogen) atoms. The number of carbonyl (C=O) groups is 2. The minimum absolute atomic E-state index is 0.0946. The van der Waals surface area contributed by atoms with E-state index in [9.17, 15) is 9.59 Å². The molecule has 0 aliphatic heterocycles. The van der Waals surface area contributed by atoms with Gasteiger partial charge in [-0.15, -0.1) is 0 Å². The average molecular weight is 318 g/mol. The number of hydrogen-bond donors (Lipinski definition) is 3. The van der Waals surface area contributed by atoms with Crippen LogP contribution in [-0.4, -0.2) is 32.7 Å². The Hall–Kier alpha value is -2.64. The Morgan fingerprint density at radius 2 is 1.91 bits per heavy atom. The van der Waals surface area contributed by atoms with Gasteiger partial charge in [-0.1, -0.05) is 13.8 Å². The number of carbonyl (C=O) groups excluding carboxylic acids is 2. The number of urea groups is 1. The van der Waals surface area contributed by atoms with Gasteiger partial charge < -0.3 is 16.4 Å². The molecule has 0 radical (unpaired) electrons. The summed E-state index contributed by atoms with van der Waals surface area (Å²) in [7, 11) is 0. The number of fused-ring (bicyclic) bond motifs is 1. The molecule has 0 bridgehead atoms. The number of aromatic nitrogens is 3. The van der Waals surface area contributed by atoms with Crippen LogP contribution in [0.15, 0.2) is 18.5 Å². The van der Waals surface area contributed by atoms with E-state index in [0.717, 1.165) is 11.0 Å². The fraction of sp³-hybridized carbons (Fsp3) is 0.467. The molecule has 124 valence electrons. The van der Waals surface area contributed by atoms with Crippen molar-refractivity contribution in [2.24, 2.45) is 11.7 Å². The number of primary amides is 1. The van der Waals surface area contributed by atoms with E-state index in [4.69, 9.17) is 5.73 Å². The van der Waals surface area contributed by atoms with E-state index in [1.54, 1.807) is 18.5 Å². The summed E-state index contributed by atoms with van der Waals surface area (Å²) in [4.78, 5) is 27.7. The summed E-state index contributed by atoms with van der Waals surface area (Å²) in [5, 5.41) is 10.3. The molecule has 1 atom stereocenters. The summed E-state index contributed by atoms with van der Waals surface area (Å²) < 4.78 is 1.81. The second kappa shape index (κ2) is 6.64. The molecule has 0 aromatic carbocycles. The first-order valence-electron chi connectivity index (χ1n) is 7.49. The number of hydrogen-bond acceptors (Lipinski definition) is 4. The van der Waals surface area contributed by atoms with Crippen molar-refractivity contribution in [3.8, 4) is 0 Å². The van der Waals surface area contributed by atoms with Crippen molar-refractivity contribution in [1.82, 2.24) is 20.1 Å². The van der Waals surface area contributed by atoms with Gasteiger partial charge in [-0.3, -0.25) is 4.79 Å². The molecule has 8 nitrogen and oxygen atoms in total. The number of nitrogens with two attached hydrogens (primary N) is 1. The second-order valence-corrected chi connectivity index (χ2v) is 6.04. The SMILES string of the molecule is CC(C)C(NC(N)=O)C(=O)Nc1cnc2c(cnn2C(C)C)c1. The van der Waals surface area contributed by atoms with Crippen LogP contribution in [0.1, 0.15) is 33.7 Å². The average Bonchev–Trinajstić information content (AvgIpc) is 2.87. The lowest BCUT2D eigenvalue weighted by molar-refractivity contribution is -0.118. The van der Waals surface area contributed by atoms with Crippen molar-refractivity contribution < 1.29 is 9.59 Å². The number of amides is 3. The second-order valence-electron chi connectivity index (χ2n) is 6.04. The van der Waals surface area contributed by atoms with E-state index in [2.05, 4.69) is 20.7 Å². The van der Waals surface area contributed by atoms with Crippen molar-refractivity contribution in [2.45, 2.75) is 39.8 Å². The molecule has 0 fully saturated rings. The molecule has 1 unspecified atom stereocenters. The highest BCUT2D eigenvalue weighted by Crippen LogP contribution is 2.19. The van der Waals surface area contributed by atoms with E-state index in [-0.39, 0.29) is 17.9 Å². The van der Waals surface area contributed by atoms with Gasteiger partial charge >= 0.3 is 6.03 Å². The largest absolute Gasteiger partial charge is 0.352 e. The van der Waals surface area contributed by atoms with Crippen molar-refractivity contribution in [3.05, 3.63) is 18.5 Å². The van der Waals surface area contributed by atoms with E-state index in [1.165, 1.54) is 0 Å². The van der Waals surface area contributed by atoms with Gasteiger partial charge in [0.1, 0.15) is 6.04 Å². The molecule has 0 aliphatic carbocycles. The standard InChI is InChI=1S/C15H22N6O2/c1-8(2)12(20-15(16)23)14(22)19-11-5-10-6-18-21(9(3)4)13(10)17-7-11/h5-9,12H,1-4H3,(H,19,22)(H3,16,20,23). The maximum absolute atomic E-state index is 12.3. The number of nitrogens with zero attached hydrogens (tertiary/aromatic N) is 3. The molecule has 0 saturated carbocycles. The monoisotopic (exact) mass is 318 g/mol. The smallest absolute Gasteiger partial charge is 0.312 e. The fourth-order valence-corrected chi connectivity index (χ4v) is 2.29. The van der Waals surface area contributed by atoms with Crippen molar-refractivity contribution in [1.29, 1.82) is 0 Å². The molecule has 2 aromatic rings. The summed E-state index contributed by atoms with van der Waals surface area (Å²) >= 11 is 0. The Morgan fingerprint density at radius 3 is 2.48 bits per heavy atom. The van der Waals surface area contributed by atoms with Gasteiger partial charge in [-0.2, -0.15) is 5.10 Å². The van der Waals surface area contributed by atoms with Crippen molar-refractivity contribution in [2.75, 3.05) is 5.32 Å². The molecule has 0 saturated heterocycles. The summed E-state index contributed by atoms with van der Waals surface area (Å²) in [6.07, 6.45) is 3.28. The lowest BCUT2D eigenvalue weighted by Gasteiger charge is -2.20. The predicted molar refractivity (Wildman–Crippen MR) is 87.9 cm³/mol. The summed E-state index contributed by atoms with van der Waals surface area (Å²) in [5.74, 6) is -0.431. The summed E-state index contributed by atoms with van der Waals surface area (Å²) in [5.41, 5.74) is 6.42. The predicted octanol–water partition coefficient (Wildman–Crippen LogP) is 1.64. The third-order valence-electron chi connectivity index (χ3n) is 3.44. The van der Waals surface area contributed by atoms with Gasteiger partial charge in [0.15, 0.2) is 5.65 Å². The first-order valence-corrected chi connectivity index (χ1v) is 7.49. The molecular weight excluding hydrogens is 296 g/mol. The van der Waals surface area contributed by atoms with Crippen molar-refractivity contribution >= 4 is 28.7 Å². The molecule has 2 heterocycles. The van der Waals surface area contributed by atoms with Crippen LogP contribution >= 0.6 is 0 Å². The number of nitrogens with one attached hydrogen (secondary N) is 2.